The van der Waals surface area contributed by atoms with Gasteiger partial charge in [-0.05, 0) is 138 Å². The summed E-state index contributed by atoms with van der Waals surface area (Å²) in [5, 5.41) is 8.36. The standard InChI is InChI=1S/C76H75B2N8O.Pt/c1-73(2,3)50-33-36-64-55(43-50)54-35-34-53(48-68(54)86(64)72-82-62-29-14-15-30-65(62)83(72)13)87-69-47-52(46-63(81-69)70-58(75(7,8)9)25-22-26-59(70)76(10,11)12)84-49-85(67-32-17-16-31-66(67)84)71-56(60-27-23-41-79-39-20-18-37-77-60)44-51(74(4,5)6)45-57(71)61-28-24-42-80-40-21-19-38-78-61;/h14-46,49,79-80H,1-13H3;/q-3;/b37-18-,38-19-,39-20-,40-21-,41-23-,42-24-,60-27-,61-28-;/i13D3;. The molecule has 0 spiro atoms. The molecule has 12 heteroatoms. The number of pyridine rings is 1. The second kappa shape index (κ2) is 24.2. The maximum Gasteiger partial charge on any atom is 0.213 e. The zero-order chi connectivity index (χ0) is 63.5. The molecule has 0 bridgehead atoms. The van der Waals surface area contributed by atoms with Crippen molar-refractivity contribution < 1.29 is 29.9 Å². The quantitative estimate of drug-likeness (QED) is 0.116. The number of imidazole rings is 1. The average molecular weight is 1340 g/mol. The van der Waals surface area contributed by atoms with Gasteiger partial charge in [-0.3, -0.25) is 4.98 Å². The van der Waals surface area contributed by atoms with Crippen molar-refractivity contribution in [3.8, 4) is 28.8 Å². The van der Waals surface area contributed by atoms with Gasteiger partial charge in [0.05, 0.1) is 11.0 Å². The minimum Gasteiger partial charge on any atom is -0.503 e. The molecule has 2 N–H and O–H groups in total. The van der Waals surface area contributed by atoms with Gasteiger partial charge in [-0.15, -0.1) is 36.1 Å². The van der Waals surface area contributed by atoms with E-state index in [9.17, 15) is 0 Å². The summed E-state index contributed by atoms with van der Waals surface area (Å²) in [5.41, 5.74) is 15.5. The number of fused-ring (bicyclic) bond motifs is 5. The first kappa shape index (κ1) is 57.2. The van der Waals surface area contributed by atoms with Crippen molar-refractivity contribution in [3.05, 3.63) is 253 Å². The molecule has 9 aromatic rings. The van der Waals surface area contributed by atoms with Gasteiger partial charge in [0.1, 0.15) is 5.88 Å². The van der Waals surface area contributed by atoms with Crippen LogP contribution < -0.4 is 25.2 Å². The molecule has 0 unspecified atom stereocenters. The first-order chi connectivity index (χ1) is 42.8. The second-order valence-electron chi connectivity index (χ2n) is 26.6. The molecule has 3 aliphatic heterocycles. The molecule has 2 radical (unpaired) electrons. The van der Waals surface area contributed by atoms with Crippen LogP contribution >= 0.6 is 0 Å². The van der Waals surface area contributed by atoms with E-state index < -0.39 is 6.98 Å². The maximum absolute atomic E-state index is 8.90. The number of anilines is 4. The number of rotatable bonds is 8. The molecule has 0 saturated carbocycles. The fourth-order valence-electron chi connectivity index (χ4n) is 11.7. The number of para-hydroxylation sites is 4. The number of nitrogens with zero attached hydrogens (tertiary/aromatic N) is 6. The number of allylic oxidation sites excluding steroid dienone is 8. The van der Waals surface area contributed by atoms with Gasteiger partial charge >= 0.3 is 0 Å². The molecule has 9 nitrogen and oxygen atoms in total. The Morgan fingerprint density at radius 3 is 1.77 bits per heavy atom. The number of hydrogen-bond acceptors (Lipinski definition) is 7. The summed E-state index contributed by atoms with van der Waals surface area (Å²) in [4.78, 5) is 15.1. The van der Waals surface area contributed by atoms with Crippen molar-refractivity contribution in [3.63, 3.8) is 0 Å². The first-order valence-corrected chi connectivity index (χ1v) is 29.9. The third kappa shape index (κ3) is 12.1. The molecule has 6 aromatic carbocycles. The van der Waals surface area contributed by atoms with Crippen LogP contribution in [-0.4, -0.2) is 33.7 Å². The molecule has 0 atom stereocenters. The van der Waals surface area contributed by atoms with E-state index in [1.165, 1.54) is 10.1 Å². The van der Waals surface area contributed by atoms with Gasteiger partial charge in [0, 0.05) is 85.3 Å². The third-order valence-electron chi connectivity index (χ3n) is 16.2. The Kier molecular flexibility index (Phi) is 15.7. The molecule has 0 aliphatic carbocycles. The van der Waals surface area contributed by atoms with Crippen molar-refractivity contribution in [1.29, 1.82) is 0 Å². The van der Waals surface area contributed by atoms with Gasteiger partial charge in [0.2, 0.25) is 5.95 Å². The van der Waals surface area contributed by atoms with Gasteiger partial charge in [0.15, 0.2) is 14.6 Å². The maximum atomic E-state index is 8.90. The van der Waals surface area contributed by atoms with Crippen molar-refractivity contribution in [2.24, 2.45) is 6.98 Å². The monoisotopic (exact) mass is 1340 g/mol. The summed E-state index contributed by atoms with van der Waals surface area (Å²) in [5.74, 6) is 5.00. The minimum atomic E-state index is -2.57. The van der Waals surface area contributed by atoms with E-state index in [1.54, 1.807) is 6.07 Å². The molecule has 0 fully saturated rings. The summed E-state index contributed by atoms with van der Waals surface area (Å²) in [7, 11) is 4.36. The van der Waals surface area contributed by atoms with Gasteiger partial charge in [-0.25, -0.2) is 4.98 Å². The van der Waals surface area contributed by atoms with Crippen LogP contribution in [0.4, 0.5) is 22.7 Å². The third-order valence-corrected chi connectivity index (χ3v) is 16.2. The molecular weight excluding hydrogens is 1260 g/mol. The summed E-state index contributed by atoms with van der Waals surface area (Å²) in [6.45, 7) is 26.5. The smallest absolute Gasteiger partial charge is 0.213 e. The predicted octanol–water partition coefficient (Wildman–Crippen LogP) is 18.1. The molecule has 3 aromatic heterocycles. The Bertz CT molecular complexity index is 4440. The number of aromatic nitrogens is 4. The summed E-state index contributed by atoms with van der Waals surface area (Å²) < 4.78 is 37.1. The van der Waals surface area contributed by atoms with Crippen molar-refractivity contribution in [2.45, 2.75) is 105 Å². The van der Waals surface area contributed by atoms with E-state index in [1.807, 2.05) is 84.0 Å². The van der Waals surface area contributed by atoms with Crippen molar-refractivity contribution >= 4 is 81.1 Å². The van der Waals surface area contributed by atoms with E-state index in [-0.39, 0.29) is 54.6 Å². The van der Waals surface area contributed by atoms with Crippen LogP contribution in [0.3, 0.4) is 0 Å². The Morgan fingerprint density at radius 1 is 0.557 bits per heavy atom. The Labute approximate surface area is 540 Å². The van der Waals surface area contributed by atoms with Gasteiger partial charge in [-0.1, -0.05) is 178 Å². The van der Waals surface area contributed by atoms with Crippen LogP contribution in [-0.2, 0) is 49.7 Å². The van der Waals surface area contributed by atoms with Gasteiger partial charge in [-0.2, -0.15) is 23.9 Å². The van der Waals surface area contributed by atoms with Crippen molar-refractivity contribution in [2.75, 3.05) is 9.80 Å². The number of aryl methyl sites for hydroxylation is 1. The Hall–Kier alpha value is -8.52. The van der Waals surface area contributed by atoms with Crippen LogP contribution in [0.1, 0.15) is 121 Å². The van der Waals surface area contributed by atoms with Crippen LogP contribution in [0.5, 0.6) is 11.6 Å². The molecule has 0 saturated heterocycles. The summed E-state index contributed by atoms with van der Waals surface area (Å²) in [6, 6.07) is 47.0. The van der Waals surface area contributed by atoms with Gasteiger partial charge in [0.25, 0.3) is 0 Å². The van der Waals surface area contributed by atoms with Crippen LogP contribution in [0.15, 0.2) is 201 Å². The molecule has 88 heavy (non-hydrogen) atoms. The van der Waals surface area contributed by atoms with Gasteiger partial charge < -0.3 is 34.3 Å². The molecule has 444 valence electrons. The zero-order valence-electron chi connectivity index (χ0n) is 55.2. The van der Waals surface area contributed by atoms with Crippen LogP contribution in [0.25, 0.3) is 61.0 Å². The fraction of sp³-hybridized carbons (Fsp3) is 0.224. The SMILES string of the molecule is [2H]C([2H])([2H])n1c(-n2c3[c-]c(Oc4[c-]c(N5[CH-]N(c6c(/C7=C/C=C\N/C=C\C=C/[B]7)cc(C(C)(C)C)cc6/C6=C/C=C\N/C=C\C=C/[B]6)c6ccccc65)cc(-c5c(C(C)(C)C)cccc5C(C)(C)C)n4)ccc3c3cc(C(C)(C)C)ccc32)nc2ccccc21.[Pt]. The number of ether oxygens (including phenoxy) is 1. The van der Waals surface area contributed by atoms with Crippen LogP contribution in [0, 0.1) is 18.8 Å². The van der Waals surface area contributed by atoms with Crippen LogP contribution in [0.2, 0.25) is 0 Å². The molecule has 12 rings (SSSR count). The predicted molar refractivity (Wildman–Crippen MR) is 367 cm³/mol. The summed E-state index contributed by atoms with van der Waals surface area (Å²) >= 11 is 0. The zero-order valence-corrected chi connectivity index (χ0v) is 54.5. The molecule has 6 heterocycles. The Morgan fingerprint density at radius 2 is 1.16 bits per heavy atom. The largest absolute Gasteiger partial charge is 0.503 e. The summed E-state index contributed by atoms with van der Waals surface area (Å²) in [6.07, 6.45) is 24.2. The number of hydrogen-bond donors (Lipinski definition) is 2. The van der Waals surface area contributed by atoms with E-state index in [0.717, 1.165) is 83.4 Å². The number of benzene rings is 6. The Balaban J connectivity index is 0.00000850. The van der Waals surface area contributed by atoms with E-state index in [0.29, 0.717) is 28.0 Å². The average Bonchev–Trinajstić information content (AvgIpc) is 1.62. The topological polar surface area (TPSA) is 75.4 Å². The van der Waals surface area contributed by atoms with E-state index >= 15 is 0 Å². The molecular formula is C76H75B2N8OPt-3. The van der Waals surface area contributed by atoms with E-state index in [4.69, 9.17) is 18.8 Å². The normalized spacial score (nSPS) is 18.7. The fourth-order valence-corrected chi connectivity index (χ4v) is 11.7. The minimum absolute atomic E-state index is 0. The van der Waals surface area contributed by atoms with Crippen molar-refractivity contribution in [1.82, 2.24) is 29.7 Å². The second-order valence-corrected chi connectivity index (χ2v) is 26.6. The first-order valence-electron chi connectivity index (χ1n) is 31.4. The van der Waals surface area contributed by atoms with E-state index in [2.05, 4.69) is 252 Å². The molecule has 0 amide bonds. The number of nitrogens with one attached hydrogen (secondary N) is 2. The molecule has 3 aliphatic rings.